The Labute approximate surface area is 237 Å². The number of carbonyl (C=O) groups excluding carboxylic acids is 2. The van der Waals surface area contributed by atoms with E-state index in [0.29, 0.717) is 29.7 Å². The number of aliphatic carboxylic acids is 1. The van der Waals surface area contributed by atoms with E-state index < -0.39 is 34.9 Å². The SMILES string of the molecule is CCC(CC)(CC(CC(=O)O)C(=O)OCc1ccc(C(CN)C(=O)Nc2ccc3cnccc3c2)cc1)SN=O. The summed E-state index contributed by atoms with van der Waals surface area (Å²) in [6.45, 7) is 3.78. The van der Waals surface area contributed by atoms with Gasteiger partial charge in [0.2, 0.25) is 5.91 Å². The average Bonchev–Trinajstić information content (AvgIpc) is 2.96. The number of carbonyl (C=O) groups is 3. The number of nitrogens with zero attached hydrogens (tertiary/aromatic N) is 2. The number of nitrogens with one attached hydrogen (secondary N) is 1. The van der Waals surface area contributed by atoms with Crippen molar-refractivity contribution < 1.29 is 24.2 Å². The predicted octanol–water partition coefficient (Wildman–Crippen LogP) is 5.41. The van der Waals surface area contributed by atoms with Gasteiger partial charge < -0.3 is 20.9 Å². The molecule has 212 valence electrons. The summed E-state index contributed by atoms with van der Waals surface area (Å²) >= 11 is 0.844. The van der Waals surface area contributed by atoms with Crippen LogP contribution >= 0.6 is 11.9 Å². The zero-order valence-electron chi connectivity index (χ0n) is 22.5. The Balaban J connectivity index is 1.64. The van der Waals surface area contributed by atoms with Crippen molar-refractivity contribution in [3.63, 3.8) is 0 Å². The van der Waals surface area contributed by atoms with Gasteiger partial charge in [0.05, 0.1) is 18.3 Å². The molecule has 2 atom stereocenters. The maximum atomic E-state index is 13.0. The van der Waals surface area contributed by atoms with Crippen LogP contribution in [0.4, 0.5) is 5.69 Å². The number of hydrogen-bond donors (Lipinski definition) is 3. The Hall–Kier alpha value is -3.83. The topological polar surface area (TPSA) is 161 Å². The second-order valence-corrected chi connectivity index (χ2v) is 10.8. The van der Waals surface area contributed by atoms with E-state index in [9.17, 15) is 24.4 Å². The maximum absolute atomic E-state index is 13.0. The highest BCUT2D eigenvalue weighted by atomic mass is 32.2. The molecule has 1 amide bonds. The summed E-state index contributed by atoms with van der Waals surface area (Å²) in [7, 11) is 0. The van der Waals surface area contributed by atoms with Gasteiger partial charge in [-0.15, -0.1) is 4.91 Å². The smallest absolute Gasteiger partial charge is 0.309 e. The molecule has 0 saturated carbocycles. The van der Waals surface area contributed by atoms with E-state index >= 15 is 0 Å². The molecule has 0 bridgehead atoms. The highest BCUT2D eigenvalue weighted by Gasteiger charge is 2.36. The summed E-state index contributed by atoms with van der Waals surface area (Å²) in [6, 6.07) is 14.4. The fraction of sp³-hybridized carbons (Fsp3) is 0.379. The van der Waals surface area contributed by atoms with Crippen LogP contribution in [0.1, 0.15) is 56.6 Å². The highest BCUT2D eigenvalue weighted by Crippen LogP contribution is 2.40. The lowest BCUT2D eigenvalue weighted by molar-refractivity contribution is -0.154. The van der Waals surface area contributed by atoms with Crippen molar-refractivity contribution in [3.05, 3.63) is 77.0 Å². The number of fused-ring (bicyclic) bond motifs is 1. The number of nitroso groups, excluding NO2 is 1. The number of nitrogens with two attached hydrogens (primary N) is 1. The molecular weight excluding hydrogens is 532 g/mol. The third-order valence-corrected chi connectivity index (χ3v) is 8.32. The van der Waals surface area contributed by atoms with Gasteiger partial charge in [0.15, 0.2) is 0 Å². The van der Waals surface area contributed by atoms with Gasteiger partial charge in [0.1, 0.15) is 6.61 Å². The summed E-state index contributed by atoms with van der Waals surface area (Å²) < 4.78 is 7.77. The van der Waals surface area contributed by atoms with Crippen LogP contribution in [0.3, 0.4) is 0 Å². The molecule has 3 rings (SSSR count). The molecule has 2 aromatic carbocycles. The monoisotopic (exact) mass is 566 g/mol. The number of esters is 1. The van der Waals surface area contributed by atoms with Crippen molar-refractivity contribution >= 4 is 46.3 Å². The fourth-order valence-corrected chi connectivity index (χ4v) is 5.28. The van der Waals surface area contributed by atoms with Gasteiger partial charge in [-0.05, 0) is 54.0 Å². The molecule has 0 aliphatic carbocycles. The predicted molar refractivity (Wildman–Crippen MR) is 155 cm³/mol. The van der Waals surface area contributed by atoms with E-state index in [1.54, 1.807) is 36.7 Å². The summed E-state index contributed by atoms with van der Waals surface area (Å²) in [5.74, 6) is -3.52. The molecular formula is C29H34N4O6S. The molecule has 0 aliphatic heterocycles. The highest BCUT2D eigenvalue weighted by molar-refractivity contribution is 7.99. The van der Waals surface area contributed by atoms with E-state index in [1.165, 1.54) is 0 Å². The number of rotatable bonds is 15. The van der Waals surface area contributed by atoms with E-state index in [-0.39, 0.29) is 25.5 Å². The first-order chi connectivity index (χ1) is 19.2. The van der Waals surface area contributed by atoms with Crippen LogP contribution < -0.4 is 11.1 Å². The first-order valence-electron chi connectivity index (χ1n) is 13.1. The second-order valence-electron chi connectivity index (χ2n) is 9.62. The Kier molecular flexibility index (Phi) is 11.2. The summed E-state index contributed by atoms with van der Waals surface area (Å²) in [4.78, 5) is 52.3. The minimum absolute atomic E-state index is 0.0645. The number of hydrogen-bond acceptors (Lipinski definition) is 9. The van der Waals surface area contributed by atoms with Gasteiger partial charge in [-0.25, -0.2) is 0 Å². The molecule has 0 spiro atoms. The molecule has 0 aliphatic rings. The minimum atomic E-state index is -1.12. The van der Waals surface area contributed by atoms with Crippen LogP contribution in [-0.2, 0) is 25.7 Å². The van der Waals surface area contributed by atoms with Crippen LogP contribution in [0.2, 0.25) is 0 Å². The first kappa shape index (κ1) is 30.7. The fourth-order valence-electron chi connectivity index (χ4n) is 4.59. The van der Waals surface area contributed by atoms with E-state index in [0.717, 1.165) is 22.7 Å². The van der Waals surface area contributed by atoms with Crippen molar-refractivity contribution in [2.75, 3.05) is 11.9 Å². The molecule has 10 nitrogen and oxygen atoms in total. The zero-order chi connectivity index (χ0) is 29.1. The molecule has 40 heavy (non-hydrogen) atoms. The van der Waals surface area contributed by atoms with Gasteiger partial charge in [0, 0.05) is 51.3 Å². The molecule has 0 saturated heterocycles. The molecule has 1 heterocycles. The Morgan fingerprint density at radius 2 is 1.82 bits per heavy atom. The molecule has 3 aromatic rings. The largest absolute Gasteiger partial charge is 0.481 e. The van der Waals surface area contributed by atoms with Gasteiger partial charge in [-0.1, -0.05) is 44.2 Å². The van der Waals surface area contributed by atoms with Gasteiger partial charge in [-0.2, -0.15) is 0 Å². The normalized spacial score (nSPS) is 12.9. The lowest BCUT2D eigenvalue weighted by atomic mass is 9.87. The van der Waals surface area contributed by atoms with Crippen molar-refractivity contribution in [2.24, 2.45) is 16.2 Å². The Morgan fingerprint density at radius 1 is 1.10 bits per heavy atom. The number of amides is 1. The van der Waals surface area contributed by atoms with E-state index in [2.05, 4.69) is 14.9 Å². The quantitative estimate of drug-likeness (QED) is 0.124. The van der Waals surface area contributed by atoms with Gasteiger partial charge in [-0.3, -0.25) is 19.4 Å². The molecule has 2 unspecified atom stereocenters. The number of anilines is 1. The van der Waals surface area contributed by atoms with E-state index in [1.807, 2.05) is 38.1 Å². The molecule has 0 fully saturated rings. The summed E-state index contributed by atoms with van der Waals surface area (Å²) in [5.41, 5.74) is 7.97. The van der Waals surface area contributed by atoms with Crippen LogP contribution in [0.15, 0.2) is 65.5 Å². The molecule has 1 aromatic heterocycles. The Morgan fingerprint density at radius 3 is 2.45 bits per heavy atom. The maximum Gasteiger partial charge on any atom is 0.309 e. The number of carboxylic acids is 1. The summed E-state index contributed by atoms with van der Waals surface area (Å²) in [6.07, 6.45) is 4.32. The lowest BCUT2D eigenvalue weighted by Crippen LogP contribution is -2.32. The third-order valence-electron chi connectivity index (χ3n) is 7.12. The van der Waals surface area contributed by atoms with Crippen molar-refractivity contribution in [1.82, 2.24) is 4.98 Å². The van der Waals surface area contributed by atoms with Gasteiger partial charge in [0.25, 0.3) is 0 Å². The number of pyridine rings is 1. The first-order valence-corrected chi connectivity index (χ1v) is 13.8. The van der Waals surface area contributed by atoms with Crippen LogP contribution in [0, 0.1) is 10.8 Å². The van der Waals surface area contributed by atoms with Crippen molar-refractivity contribution in [2.45, 2.75) is 56.8 Å². The van der Waals surface area contributed by atoms with E-state index in [4.69, 9.17) is 10.5 Å². The number of carboxylic acid groups (broad SMARTS) is 1. The zero-order valence-corrected chi connectivity index (χ0v) is 23.4. The minimum Gasteiger partial charge on any atom is -0.481 e. The van der Waals surface area contributed by atoms with Crippen LogP contribution in [0.5, 0.6) is 0 Å². The standard InChI is InChI=1S/C29H34N4O6S/c1-3-29(4-2,40-33-38)15-23(14-26(34)35)28(37)39-18-19-5-7-20(8-6-19)25(16-30)27(36)32-24-10-9-22-17-31-12-11-21(22)13-24/h5-13,17,23,25H,3-4,14-16,18,30H2,1-2H3,(H,32,36)(H,34,35). The number of ether oxygens (including phenoxy) is 1. The number of benzene rings is 2. The van der Waals surface area contributed by atoms with Crippen LogP contribution in [0.25, 0.3) is 10.8 Å². The summed E-state index contributed by atoms with van der Waals surface area (Å²) in [5, 5.41) is 14.2. The molecule has 0 radical (unpaired) electrons. The lowest BCUT2D eigenvalue weighted by Gasteiger charge is -2.30. The molecule has 4 N–H and O–H groups in total. The average molecular weight is 567 g/mol. The third kappa shape index (κ3) is 8.09. The van der Waals surface area contributed by atoms with Gasteiger partial charge >= 0.3 is 11.9 Å². The van der Waals surface area contributed by atoms with Crippen LogP contribution in [-0.4, -0.2) is 39.2 Å². The Bertz CT molecular complexity index is 1330. The molecule has 11 heteroatoms. The second kappa shape index (κ2) is 14.5. The van der Waals surface area contributed by atoms with Crippen molar-refractivity contribution in [1.29, 1.82) is 0 Å². The van der Waals surface area contributed by atoms with Crippen molar-refractivity contribution in [3.8, 4) is 0 Å². The number of aromatic nitrogens is 1.